The summed E-state index contributed by atoms with van der Waals surface area (Å²) in [4.78, 5) is 36.7. The van der Waals surface area contributed by atoms with Gasteiger partial charge in [0.2, 0.25) is 0 Å². The summed E-state index contributed by atoms with van der Waals surface area (Å²) in [5.74, 6) is -0.286. The summed E-state index contributed by atoms with van der Waals surface area (Å²) in [5.41, 5.74) is 1.17. The number of hydrogen-bond donors (Lipinski definition) is 1. The van der Waals surface area contributed by atoms with E-state index in [2.05, 4.69) is 5.32 Å². The first-order valence-corrected chi connectivity index (χ1v) is 12.3. The molecular weight excluding hydrogens is 516 g/mol. The van der Waals surface area contributed by atoms with Crippen molar-refractivity contribution in [3.63, 3.8) is 0 Å². The van der Waals surface area contributed by atoms with Gasteiger partial charge < -0.3 is 24.3 Å². The lowest BCUT2D eigenvalue weighted by Gasteiger charge is -2.27. The standard InChI is InChI=1S/C30H26N2O8/c33-29(40-26-18-16-24(17-19-26)32(35)36)28(39-21-38-25-14-8-3-9-15-25)27(23-12-6-2-7-13-23)31-30(34)37-20-22-10-4-1-5-11-22/h1-19,27-28H,20-21H2,(H,31,34)/t27?,28-/m1/s1. The molecule has 4 aromatic rings. The number of esters is 1. The Morgan fingerprint density at radius 3 is 2.00 bits per heavy atom. The maximum atomic E-state index is 13.4. The average molecular weight is 543 g/mol. The van der Waals surface area contributed by atoms with E-state index in [0.29, 0.717) is 11.3 Å². The summed E-state index contributed by atoms with van der Waals surface area (Å²) in [6.45, 7) is -0.321. The van der Waals surface area contributed by atoms with Crippen LogP contribution < -0.4 is 14.8 Å². The number of carbonyl (C=O) groups excluding carboxylic acids is 2. The number of ether oxygens (including phenoxy) is 4. The second-order valence-corrected chi connectivity index (χ2v) is 8.43. The van der Waals surface area contributed by atoms with Gasteiger partial charge >= 0.3 is 12.1 Å². The Bertz CT molecular complexity index is 1380. The zero-order chi connectivity index (χ0) is 28.2. The van der Waals surface area contributed by atoms with E-state index in [1.54, 1.807) is 54.6 Å². The first-order chi connectivity index (χ1) is 19.5. The van der Waals surface area contributed by atoms with Crippen LogP contribution in [0.5, 0.6) is 11.5 Å². The van der Waals surface area contributed by atoms with Crippen LogP contribution in [0.3, 0.4) is 0 Å². The molecule has 0 aliphatic heterocycles. The lowest BCUT2D eigenvalue weighted by Crippen LogP contribution is -2.44. The zero-order valence-electron chi connectivity index (χ0n) is 21.3. The molecule has 0 aliphatic carbocycles. The van der Waals surface area contributed by atoms with Crippen LogP contribution in [-0.2, 0) is 20.9 Å². The van der Waals surface area contributed by atoms with Gasteiger partial charge in [0.1, 0.15) is 18.1 Å². The van der Waals surface area contributed by atoms with E-state index in [9.17, 15) is 19.7 Å². The molecule has 1 N–H and O–H groups in total. The number of nitrogens with zero attached hydrogens (tertiary/aromatic N) is 1. The van der Waals surface area contributed by atoms with Crippen molar-refractivity contribution in [1.29, 1.82) is 0 Å². The second-order valence-electron chi connectivity index (χ2n) is 8.43. The fraction of sp³-hybridized carbons (Fsp3) is 0.133. The molecule has 2 atom stereocenters. The van der Waals surface area contributed by atoms with Crippen molar-refractivity contribution < 1.29 is 33.5 Å². The Kier molecular flexibility index (Phi) is 9.78. The summed E-state index contributed by atoms with van der Waals surface area (Å²) >= 11 is 0. The SMILES string of the molecule is O=C(NC(c1ccccc1)[C@@H](OCOc1ccccc1)C(=O)Oc1ccc([N+](=O)[O-])cc1)OCc1ccccc1. The van der Waals surface area contributed by atoms with Crippen LogP contribution in [0.4, 0.5) is 10.5 Å². The number of amides is 1. The Labute approximate surface area is 230 Å². The minimum Gasteiger partial charge on any atom is -0.468 e. The molecule has 0 fully saturated rings. The molecular formula is C30H26N2O8. The van der Waals surface area contributed by atoms with Crippen LogP contribution in [-0.4, -0.2) is 29.9 Å². The van der Waals surface area contributed by atoms with Gasteiger partial charge in [-0.05, 0) is 35.4 Å². The Balaban J connectivity index is 1.55. The van der Waals surface area contributed by atoms with Crippen molar-refractivity contribution in [3.05, 3.63) is 137 Å². The largest absolute Gasteiger partial charge is 0.468 e. The maximum absolute atomic E-state index is 13.4. The number of hydrogen-bond acceptors (Lipinski definition) is 8. The molecule has 0 aromatic heterocycles. The number of nitro benzene ring substituents is 1. The highest BCUT2D eigenvalue weighted by Crippen LogP contribution is 2.24. The van der Waals surface area contributed by atoms with Crippen molar-refractivity contribution in [2.45, 2.75) is 18.8 Å². The smallest absolute Gasteiger partial charge is 0.408 e. The first-order valence-electron chi connectivity index (χ1n) is 12.3. The van der Waals surface area contributed by atoms with E-state index in [-0.39, 0.29) is 24.8 Å². The molecule has 0 saturated carbocycles. The minimum atomic E-state index is -1.38. The van der Waals surface area contributed by atoms with Crippen molar-refractivity contribution >= 4 is 17.7 Å². The third kappa shape index (κ3) is 8.14. The predicted octanol–water partition coefficient (Wildman–Crippen LogP) is 5.59. The molecule has 10 nitrogen and oxygen atoms in total. The number of nitro groups is 1. The van der Waals surface area contributed by atoms with Crippen LogP contribution in [0.1, 0.15) is 17.2 Å². The van der Waals surface area contributed by atoms with Crippen LogP contribution in [0.15, 0.2) is 115 Å². The van der Waals surface area contributed by atoms with Gasteiger partial charge in [-0.2, -0.15) is 0 Å². The van der Waals surface area contributed by atoms with Gasteiger partial charge in [-0.25, -0.2) is 9.59 Å². The van der Waals surface area contributed by atoms with Crippen molar-refractivity contribution in [2.24, 2.45) is 0 Å². The minimum absolute atomic E-state index is 0.0179. The van der Waals surface area contributed by atoms with Crippen molar-refractivity contribution in [3.8, 4) is 11.5 Å². The number of carbonyl (C=O) groups is 2. The molecule has 0 aliphatic rings. The number of benzene rings is 4. The van der Waals surface area contributed by atoms with Gasteiger partial charge in [0.25, 0.3) is 5.69 Å². The molecule has 4 aromatic carbocycles. The molecule has 0 spiro atoms. The van der Waals surface area contributed by atoms with Gasteiger partial charge in [0, 0.05) is 12.1 Å². The van der Waals surface area contributed by atoms with Crippen LogP contribution in [0.25, 0.3) is 0 Å². The average Bonchev–Trinajstić information content (AvgIpc) is 2.99. The Morgan fingerprint density at radius 2 is 1.38 bits per heavy atom. The van der Waals surface area contributed by atoms with E-state index < -0.39 is 29.1 Å². The predicted molar refractivity (Wildman–Crippen MR) is 144 cm³/mol. The fourth-order valence-electron chi connectivity index (χ4n) is 3.69. The third-order valence-electron chi connectivity index (χ3n) is 5.66. The maximum Gasteiger partial charge on any atom is 0.408 e. The second kappa shape index (κ2) is 14.1. The topological polar surface area (TPSA) is 126 Å². The molecule has 0 radical (unpaired) electrons. The fourth-order valence-corrected chi connectivity index (χ4v) is 3.69. The number of para-hydroxylation sites is 1. The number of nitrogens with one attached hydrogen (secondary N) is 1. The van der Waals surface area contributed by atoms with Crippen molar-refractivity contribution in [2.75, 3.05) is 6.79 Å². The van der Waals surface area contributed by atoms with E-state index >= 15 is 0 Å². The number of rotatable bonds is 12. The first kappa shape index (κ1) is 27.8. The zero-order valence-corrected chi connectivity index (χ0v) is 21.3. The molecule has 0 bridgehead atoms. The van der Waals surface area contributed by atoms with E-state index in [1.165, 1.54) is 24.3 Å². The normalized spacial score (nSPS) is 12.0. The quantitative estimate of drug-likeness (QED) is 0.0807. The van der Waals surface area contributed by atoms with E-state index in [4.69, 9.17) is 18.9 Å². The lowest BCUT2D eigenvalue weighted by molar-refractivity contribution is -0.384. The van der Waals surface area contributed by atoms with Crippen LogP contribution in [0.2, 0.25) is 0 Å². The molecule has 204 valence electrons. The summed E-state index contributed by atoms with van der Waals surface area (Å²) in [7, 11) is 0. The third-order valence-corrected chi connectivity index (χ3v) is 5.66. The van der Waals surface area contributed by atoms with Crippen LogP contribution >= 0.6 is 0 Å². The van der Waals surface area contributed by atoms with Gasteiger partial charge in [-0.1, -0.05) is 78.9 Å². The summed E-state index contributed by atoms with van der Waals surface area (Å²) < 4.78 is 22.4. The summed E-state index contributed by atoms with van der Waals surface area (Å²) in [5, 5.41) is 13.7. The van der Waals surface area contributed by atoms with Gasteiger partial charge in [-0.3, -0.25) is 10.1 Å². The monoisotopic (exact) mass is 542 g/mol. The van der Waals surface area contributed by atoms with Crippen molar-refractivity contribution in [1.82, 2.24) is 5.32 Å². The van der Waals surface area contributed by atoms with E-state index in [1.807, 2.05) is 36.4 Å². The molecule has 10 heteroatoms. The highest BCUT2D eigenvalue weighted by atomic mass is 16.7. The number of non-ortho nitro benzene ring substituents is 1. The van der Waals surface area contributed by atoms with Crippen LogP contribution in [0, 0.1) is 10.1 Å². The molecule has 0 saturated heterocycles. The number of alkyl carbamates (subject to hydrolysis) is 1. The highest BCUT2D eigenvalue weighted by molar-refractivity contribution is 5.80. The molecule has 4 rings (SSSR count). The molecule has 1 amide bonds. The van der Waals surface area contributed by atoms with Gasteiger partial charge in [0.15, 0.2) is 12.9 Å². The Morgan fingerprint density at radius 1 is 0.775 bits per heavy atom. The molecule has 1 unspecified atom stereocenters. The Hall–Kier alpha value is -5.22. The highest BCUT2D eigenvalue weighted by Gasteiger charge is 2.34. The summed E-state index contributed by atoms with van der Waals surface area (Å²) in [6, 6.07) is 30.7. The van der Waals surface area contributed by atoms with Gasteiger partial charge in [0.05, 0.1) is 11.0 Å². The van der Waals surface area contributed by atoms with Gasteiger partial charge in [-0.15, -0.1) is 0 Å². The van der Waals surface area contributed by atoms with E-state index in [0.717, 1.165) is 5.56 Å². The summed E-state index contributed by atoms with van der Waals surface area (Å²) in [6.07, 6.45) is -2.16. The molecule has 40 heavy (non-hydrogen) atoms. The lowest BCUT2D eigenvalue weighted by atomic mass is 10.0. The molecule has 0 heterocycles.